The summed E-state index contributed by atoms with van der Waals surface area (Å²) < 4.78 is 25.7. The van der Waals surface area contributed by atoms with Crippen LogP contribution in [0.15, 0.2) is 48.0 Å². The first-order chi connectivity index (χ1) is 10.4. The molecule has 0 unspecified atom stereocenters. The van der Waals surface area contributed by atoms with Crippen LogP contribution < -0.4 is 4.72 Å². The molecule has 2 aromatic rings. The van der Waals surface area contributed by atoms with Gasteiger partial charge in [0.15, 0.2) is 0 Å². The summed E-state index contributed by atoms with van der Waals surface area (Å²) in [4.78, 5) is 15.9. The molecule has 1 heterocycles. The first-order valence-corrected chi connectivity index (χ1v) is 8.22. The third kappa shape index (κ3) is 4.41. The lowest BCUT2D eigenvalue weighted by molar-refractivity contribution is 0.0982. The van der Waals surface area contributed by atoms with Crippen LogP contribution in [0.3, 0.4) is 0 Å². The van der Waals surface area contributed by atoms with E-state index >= 15 is 0 Å². The number of sulfonamides is 1. The summed E-state index contributed by atoms with van der Waals surface area (Å²) in [5.74, 6) is -0.782. The van der Waals surface area contributed by atoms with Crippen molar-refractivity contribution in [1.82, 2.24) is 9.71 Å². The number of pyridine rings is 1. The number of carbonyl (C=O) groups is 1. The monoisotopic (exact) mass is 336 g/mol. The predicted octanol–water partition coefficient (Wildman–Crippen LogP) is 2.77. The van der Waals surface area contributed by atoms with E-state index in [0.29, 0.717) is 5.69 Å². The van der Waals surface area contributed by atoms with Crippen LogP contribution in [0.4, 0.5) is 0 Å². The second kappa shape index (κ2) is 6.72. The first-order valence-electron chi connectivity index (χ1n) is 6.30. The molecule has 2 rings (SSSR count). The molecule has 7 heteroatoms. The number of aryl methyl sites for hydroxylation is 1. The standard InChI is InChI=1S/C15H13ClN2O3S/c1-11-5-6-13(14(16)10-11)15(19)18-22(20,21)9-7-12-4-2-3-8-17-12/h2-10H,1H3,(H,18,19)/b9-7+. The molecule has 0 bridgehead atoms. The quantitative estimate of drug-likeness (QED) is 0.931. The Bertz CT molecular complexity index is 818. The summed E-state index contributed by atoms with van der Waals surface area (Å²) in [5.41, 5.74) is 1.44. The average molecular weight is 337 g/mol. The van der Waals surface area contributed by atoms with Crippen molar-refractivity contribution in [2.24, 2.45) is 0 Å². The van der Waals surface area contributed by atoms with Gasteiger partial charge in [-0.2, -0.15) is 0 Å². The van der Waals surface area contributed by atoms with Crippen LogP contribution in [0, 0.1) is 6.92 Å². The highest BCUT2D eigenvalue weighted by molar-refractivity contribution is 7.93. The number of halogens is 1. The summed E-state index contributed by atoms with van der Waals surface area (Å²) >= 11 is 5.94. The Morgan fingerprint density at radius 2 is 2.05 bits per heavy atom. The predicted molar refractivity (Wildman–Crippen MR) is 85.8 cm³/mol. The van der Waals surface area contributed by atoms with Crippen LogP contribution in [0.2, 0.25) is 5.02 Å². The van der Waals surface area contributed by atoms with E-state index < -0.39 is 15.9 Å². The van der Waals surface area contributed by atoms with Gasteiger partial charge in [0, 0.05) is 6.20 Å². The van der Waals surface area contributed by atoms with Gasteiger partial charge >= 0.3 is 0 Å². The Kier molecular flexibility index (Phi) is 4.95. The SMILES string of the molecule is Cc1ccc(C(=O)NS(=O)(=O)/C=C/c2ccccn2)c(Cl)c1. The molecule has 0 saturated carbocycles. The Morgan fingerprint density at radius 1 is 1.27 bits per heavy atom. The van der Waals surface area contributed by atoms with Crippen LogP contribution in [0.25, 0.3) is 6.08 Å². The maximum Gasteiger partial charge on any atom is 0.266 e. The molecule has 0 aliphatic carbocycles. The van der Waals surface area contributed by atoms with Crippen molar-refractivity contribution >= 4 is 33.6 Å². The van der Waals surface area contributed by atoms with E-state index in [2.05, 4.69) is 4.98 Å². The van der Waals surface area contributed by atoms with Gasteiger partial charge < -0.3 is 0 Å². The summed E-state index contributed by atoms with van der Waals surface area (Å²) in [5, 5.41) is 1.08. The molecule has 0 aliphatic heterocycles. The molecule has 0 fully saturated rings. The van der Waals surface area contributed by atoms with Crippen LogP contribution in [0.5, 0.6) is 0 Å². The van der Waals surface area contributed by atoms with E-state index in [1.807, 2.05) is 11.6 Å². The number of nitrogens with zero attached hydrogens (tertiary/aromatic N) is 1. The Morgan fingerprint density at radius 3 is 2.68 bits per heavy atom. The molecule has 22 heavy (non-hydrogen) atoms. The number of hydrogen-bond donors (Lipinski definition) is 1. The van der Waals surface area contributed by atoms with E-state index in [4.69, 9.17) is 11.6 Å². The van der Waals surface area contributed by atoms with Crippen molar-refractivity contribution in [2.45, 2.75) is 6.92 Å². The molecule has 1 amide bonds. The summed E-state index contributed by atoms with van der Waals surface area (Å²) in [6.07, 6.45) is 2.84. The first kappa shape index (κ1) is 16.2. The molecule has 0 aliphatic rings. The average Bonchev–Trinajstić information content (AvgIpc) is 2.45. The molecule has 1 N–H and O–H groups in total. The van der Waals surface area contributed by atoms with Gasteiger partial charge in [-0.25, -0.2) is 13.1 Å². The number of aromatic nitrogens is 1. The molecule has 114 valence electrons. The zero-order chi connectivity index (χ0) is 16.2. The molecule has 0 spiro atoms. The number of carbonyl (C=O) groups excluding carboxylic acids is 1. The summed E-state index contributed by atoms with van der Waals surface area (Å²) in [7, 11) is -3.93. The van der Waals surface area contributed by atoms with Gasteiger partial charge in [-0.05, 0) is 42.8 Å². The largest absolute Gasteiger partial charge is 0.268 e. The van der Waals surface area contributed by atoms with E-state index in [1.54, 1.807) is 30.3 Å². The number of benzene rings is 1. The summed E-state index contributed by atoms with van der Waals surface area (Å²) in [6.45, 7) is 1.82. The van der Waals surface area contributed by atoms with Crippen molar-refractivity contribution in [1.29, 1.82) is 0 Å². The fourth-order valence-corrected chi connectivity index (χ4v) is 2.73. The van der Waals surface area contributed by atoms with E-state index in [0.717, 1.165) is 11.0 Å². The van der Waals surface area contributed by atoms with E-state index in [9.17, 15) is 13.2 Å². The molecular formula is C15H13ClN2O3S. The van der Waals surface area contributed by atoms with E-state index in [-0.39, 0.29) is 10.6 Å². The third-order valence-corrected chi connectivity index (χ3v) is 3.99. The molecule has 0 saturated heterocycles. The fourth-order valence-electron chi connectivity index (χ4n) is 1.66. The third-order valence-electron chi connectivity index (χ3n) is 2.71. The number of hydrogen-bond acceptors (Lipinski definition) is 4. The maximum absolute atomic E-state index is 12.0. The van der Waals surface area contributed by atoms with Gasteiger partial charge in [0.2, 0.25) is 0 Å². The number of rotatable bonds is 4. The van der Waals surface area contributed by atoms with Gasteiger partial charge in [0.25, 0.3) is 15.9 Å². The normalized spacial score (nSPS) is 11.5. The van der Waals surface area contributed by atoms with Crippen LogP contribution in [-0.4, -0.2) is 19.3 Å². The number of nitrogens with one attached hydrogen (secondary N) is 1. The lowest BCUT2D eigenvalue weighted by Gasteiger charge is -2.06. The smallest absolute Gasteiger partial charge is 0.266 e. The van der Waals surface area contributed by atoms with Gasteiger partial charge in [-0.3, -0.25) is 9.78 Å². The van der Waals surface area contributed by atoms with Crippen molar-refractivity contribution in [3.8, 4) is 0 Å². The van der Waals surface area contributed by atoms with Gasteiger partial charge in [-0.1, -0.05) is 23.7 Å². The Balaban J connectivity index is 2.14. The minimum Gasteiger partial charge on any atom is -0.268 e. The molecule has 0 atom stereocenters. The second-order valence-electron chi connectivity index (χ2n) is 4.52. The minimum absolute atomic E-state index is 0.0991. The van der Waals surface area contributed by atoms with Gasteiger partial charge in [-0.15, -0.1) is 0 Å². The van der Waals surface area contributed by atoms with Gasteiger partial charge in [0.1, 0.15) is 0 Å². The molecule has 0 radical (unpaired) electrons. The molecule has 5 nitrogen and oxygen atoms in total. The van der Waals surface area contributed by atoms with Crippen molar-refractivity contribution in [2.75, 3.05) is 0 Å². The highest BCUT2D eigenvalue weighted by atomic mass is 35.5. The zero-order valence-electron chi connectivity index (χ0n) is 11.7. The lowest BCUT2D eigenvalue weighted by Crippen LogP contribution is -2.29. The van der Waals surface area contributed by atoms with Crippen molar-refractivity contribution in [3.63, 3.8) is 0 Å². The molecular weight excluding hydrogens is 324 g/mol. The Labute approximate surface area is 133 Å². The van der Waals surface area contributed by atoms with Crippen LogP contribution in [0.1, 0.15) is 21.6 Å². The van der Waals surface area contributed by atoms with Crippen molar-refractivity contribution < 1.29 is 13.2 Å². The van der Waals surface area contributed by atoms with E-state index in [1.165, 1.54) is 18.3 Å². The Hall–Kier alpha value is -2.18. The topological polar surface area (TPSA) is 76.1 Å². The minimum atomic E-state index is -3.93. The zero-order valence-corrected chi connectivity index (χ0v) is 13.2. The molecule has 1 aromatic carbocycles. The second-order valence-corrected chi connectivity index (χ2v) is 6.49. The van der Waals surface area contributed by atoms with Crippen LogP contribution >= 0.6 is 11.6 Å². The molecule has 1 aromatic heterocycles. The van der Waals surface area contributed by atoms with Gasteiger partial charge in [0.05, 0.1) is 21.7 Å². The highest BCUT2D eigenvalue weighted by Gasteiger charge is 2.16. The number of amides is 1. The highest BCUT2D eigenvalue weighted by Crippen LogP contribution is 2.17. The van der Waals surface area contributed by atoms with Crippen molar-refractivity contribution in [3.05, 3.63) is 69.8 Å². The van der Waals surface area contributed by atoms with Crippen LogP contribution in [-0.2, 0) is 10.0 Å². The lowest BCUT2D eigenvalue weighted by atomic mass is 10.1. The summed E-state index contributed by atoms with van der Waals surface area (Å²) in [6, 6.07) is 9.83. The maximum atomic E-state index is 12.0. The fraction of sp³-hybridized carbons (Fsp3) is 0.0667.